The molecule has 0 aliphatic heterocycles. The molecule has 0 saturated carbocycles. The van der Waals surface area contributed by atoms with Crippen molar-refractivity contribution in [3.63, 3.8) is 0 Å². The summed E-state index contributed by atoms with van der Waals surface area (Å²) in [5.41, 5.74) is 0.878. The number of methoxy groups -OCH3 is 2. The lowest BCUT2D eigenvalue weighted by atomic mass is 10.0. The molecule has 0 bridgehead atoms. The minimum atomic E-state index is -0.435. The largest absolute Gasteiger partial charge is 0.493 e. The Balaban J connectivity index is 2.33. The van der Waals surface area contributed by atoms with Crippen molar-refractivity contribution in [2.24, 2.45) is 0 Å². The zero-order chi connectivity index (χ0) is 16.1. The second kappa shape index (κ2) is 6.76. The lowest BCUT2D eigenvalue weighted by Gasteiger charge is -2.09. The summed E-state index contributed by atoms with van der Waals surface area (Å²) < 4.78 is 15.3. The van der Waals surface area contributed by atoms with E-state index in [9.17, 15) is 9.59 Å². The zero-order valence-corrected chi connectivity index (χ0v) is 12.6. The average molecular weight is 300 g/mol. The topological polar surface area (TPSA) is 61.8 Å². The maximum atomic E-state index is 12.5. The van der Waals surface area contributed by atoms with Gasteiger partial charge in [-0.1, -0.05) is 12.1 Å². The first-order valence-corrected chi connectivity index (χ1v) is 6.60. The first kappa shape index (κ1) is 15.6. The smallest absolute Gasteiger partial charge is 0.308 e. The Bertz CT molecular complexity index is 706. The molecule has 0 atom stereocenters. The van der Waals surface area contributed by atoms with Crippen LogP contribution in [0.5, 0.6) is 17.2 Å². The lowest BCUT2D eigenvalue weighted by Crippen LogP contribution is -2.05. The minimum absolute atomic E-state index is 0.199. The summed E-state index contributed by atoms with van der Waals surface area (Å²) in [5, 5.41) is 0. The van der Waals surface area contributed by atoms with Gasteiger partial charge in [-0.3, -0.25) is 9.59 Å². The van der Waals surface area contributed by atoms with Crippen LogP contribution in [0.4, 0.5) is 0 Å². The van der Waals surface area contributed by atoms with Gasteiger partial charge in [-0.2, -0.15) is 0 Å². The van der Waals surface area contributed by atoms with E-state index in [2.05, 4.69) is 0 Å². The highest BCUT2D eigenvalue weighted by molar-refractivity contribution is 6.09. The van der Waals surface area contributed by atoms with Crippen molar-refractivity contribution in [2.45, 2.75) is 6.92 Å². The number of rotatable bonds is 5. The van der Waals surface area contributed by atoms with Gasteiger partial charge in [-0.05, 0) is 30.3 Å². The molecule has 5 heteroatoms. The minimum Gasteiger partial charge on any atom is -0.493 e. The van der Waals surface area contributed by atoms with Crippen molar-refractivity contribution in [1.29, 1.82) is 0 Å². The fraction of sp³-hybridized carbons (Fsp3) is 0.176. The standard InChI is InChI=1S/C17H16O5/c1-11(18)22-14-6-4-5-12(9-14)17(19)13-7-8-15(20-2)16(10-13)21-3/h4-10H,1-3H3. The number of ketones is 1. The van der Waals surface area contributed by atoms with Gasteiger partial charge in [0, 0.05) is 18.1 Å². The summed E-state index contributed by atoms with van der Waals surface area (Å²) in [6, 6.07) is 11.4. The van der Waals surface area contributed by atoms with Crippen molar-refractivity contribution in [3.05, 3.63) is 53.6 Å². The van der Waals surface area contributed by atoms with Crippen molar-refractivity contribution in [2.75, 3.05) is 14.2 Å². The highest BCUT2D eigenvalue weighted by Crippen LogP contribution is 2.28. The van der Waals surface area contributed by atoms with Crippen LogP contribution in [0, 0.1) is 0 Å². The van der Waals surface area contributed by atoms with E-state index in [4.69, 9.17) is 14.2 Å². The molecule has 2 aromatic carbocycles. The van der Waals surface area contributed by atoms with Gasteiger partial charge in [-0.15, -0.1) is 0 Å². The van der Waals surface area contributed by atoms with Crippen LogP contribution in [0.25, 0.3) is 0 Å². The van der Waals surface area contributed by atoms with Gasteiger partial charge in [0.1, 0.15) is 5.75 Å². The van der Waals surface area contributed by atoms with Crippen LogP contribution >= 0.6 is 0 Å². The Morgan fingerprint density at radius 3 is 2.18 bits per heavy atom. The van der Waals surface area contributed by atoms with Gasteiger partial charge in [0.2, 0.25) is 0 Å². The van der Waals surface area contributed by atoms with Crippen molar-refractivity contribution < 1.29 is 23.8 Å². The molecule has 0 radical (unpaired) electrons. The molecular formula is C17H16O5. The molecule has 0 heterocycles. The molecule has 0 aromatic heterocycles. The number of hydrogen-bond donors (Lipinski definition) is 0. The normalized spacial score (nSPS) is 9.95. The third kappa shape index (κ3) is 3.44. The number of ether oxygens (including phenoxy) is 3. The number of benzene rings is 2. The molecule has 2 rings (SSSR count). The second-order valence-corrected chi connectivity index (χ2v) is 4.52. The maximum absolute atomic E-state index is 12.5. The van der Waals surface area contributed by atoms with Gasteiger partial charge in [-0.25, -0.2) is 0 Å². The van der Waals surface area contributed by atoms with E-state index in [1.165, 1.54) is 27.2 Å². The molecule has 0 aliphatic rings. The zero-order valence-electron chi connectivity index (χ0n) is 12.6. The average Bonchev–Trinajstić information content (AvgIpc) is 2.53. The summed E-state index contributed by atoms with van der Waals surface area (Å²) in [7, 11) is 3.04. The molecule has 2 aromatic rings. The molecule has 0 spiro atoms. The van der Waals surface area contributed by atoms with E-state index in [0.717, 1.165) is 0 Å². The van der Waals surface area contributed by atoms with Crippen LogP contribution in [0.3, 0.4) is 0 Å². The number of hydrogen-bond acceptors (Lipinski definition) is 5. The summed E-state index contributed by atoms with van der Waals surface area (Å²) >= 11 is 0. The van der Waals surface area contributed by atoms with Crippen LogP contribution < -0.4 is 14.2 Å². The molecule has 0 amide bonds. The Morgan fingerprint density at radius 1 is 0.864 bits per heavy atom. The predicted molar refractivity (Wildman–Crippen MR) is 80.7 cm³/mol. The third-order valence-electron chi connectivity index (χ3n) is 3.00. The quantitative estimate of drug-likeness (QED) is 0.483. The van der Waals surface area contributed by atoms with Crippen LogP contribution in [0.1, 0.15) is 22.8 Å². The van der Waals surface area contributed by atoms with Crippen molar-refractivity contribution in [1.82, 2.24) is 0 Å². The number of esters is 1. The Morgan fingerprint density at radius 2 is 1.55 bits per heavy atom. The molecular weight excluding hydrogens is 284 g/mol. The van der Waals surface area contributed by atoms with Crippen LogP contribution in [-0.4, -0.2) is 26.0 Å². The van der Waals surface area contributed by atoms with Crippen LogP contribution in [0.2, 0.25) is 0 Å². The van der Waals surface area contributed by atoms with Gasteiger partial charge in [0.05, 0.1) is 14.2 Å². The summed E-state index contributed by atoms with van der Waals surface area (Å²) in [6.07, 6.45) is 0. The molecule has 114 valence electrons. The van der Waals surface area contributed by atoms with Gasteiger partial charge < -0.3 is 14.2 Å². The summed E-state index contributed by atoms with van der Waals surface area (Å²) in [6.45, 7) is 1.31. The van der Waals surface area contributed by atoms with Crippen LogP contribution in [0.15, 0.2) is 42.5 Å². The molecule has 0 fully saturated rings. The fourth-order valence-electron chi connectivity index (χ4n) is 2.01. The summed E-state index contributed by atoms with van der Waals surface area (Å²) in [5.74, 6) is 0.724. The van der Waals surface area contributed by atoms with E-state index in [0.29, 0.717) is 28.4 Å². The Labute approximate surface area is 128 Å². The third-order valence-corrected chi connectivity index (χ3v) is 3.00. The Kier molecular flexibility index (Phi) is 4.78. The fourth-order valence-corrected chi connectivity index (χ4v) is 2.01. The molecule has 0 N–H and O–H groups in total. The second-order valence-electron chi connectivity index (χ2n) is 4.52. The molecule has 0 aliphatic carbocycles. The molecule has 5 nitrogen and oxygen atoms in total. The first-order chi connectivity index (χ1) is 10.5. The SMILES string of the molecule is COc1ccc(C(=O)c2cccc(OC(C)=O)c2)cc1OC. The molecule has 0 saturated heterocycles. The van der Waals surface area contributed by atoms with E-state index in [1.807, 2.05) is 0 Å². The predicted octanol–water partition coefficient (Wildman–Crippen LogP) is 2.86. The van der Waals surface area contributed by atoms with Crippen molar-refractivity contribution >= 4 is 11.8 Å². The highest BCUT2D eigenvalue weighted by Gasteiger charge is 2.13. The highest BCUT2D eigenvalue weighted by atomic mass is 16.5. The monoisotopic (exact) mass is 300 g/mol. The summed E-state index contributed by atoms with van der Waals surface area (Å²) in [4.78, 5) is 23.5. The van der Waals surface area contributed by atoms with E-state index in [1.54, 1.807) is 36.4 Å². The number of carbonyl (C=O) groups excluding carboxylic acids is 2. The first-order valence-electron chi connectivity index (χ1n) is 6.60. The van der Waals surface area contributed by atoms with Gasteiger partial charge >= 0.3 is 5.97 Å². The van der Waals surface area contributed by atoms with Crippen molar-refractivity contribution in [3.8, 4) is 17.2 Å². The Hall–Kier alpha value is -2.82. The number of carbonyl (C=O) groups is 2. The van der Waals surface area contributed by atoms with E-state index < -0.39 is 5.97 Å². The lowest BCUT2D eigenvalue weighted by molar-refractivity contribution is -0.131. The van der Waals surface area contributed by atoms with E-state index >= 15 is 0 Å². The van der Waals surface area contributed by atoms with E-state index in [-0.39, 0.29) is 5.78 Å². The molecule has 0 unspecified atom stereocenters. The van der Waals surface area contributed by atoms with Crippen LogP contribution in [-0.2, 0) is 4.79 Å². The maximum Gasteiger partial charge on any atom is 0.308 e. The molecule has 22 heavy (non-hydrogen) atoms. The van der Waals surface area contributed by atoms with Gasteiger partial charge in [0.25, 0.3) is 0 Å². The van der Waals surface area contributed by atoms with Gasteiger partial charge in [0.15, 0.2) is 17.3 Å².